The number of aryl methyl sites for hydroxylation is 1. The highest BCUT2D eigenvalue weighted by Crippen LogP contribution is 2.12. The lowest BCUT2D eigenvalue weighted by Crippen LogP contribution is -2.11. The second-order valence-corrected chi connectivity index (χ2v) is 3.16. The van der Waals surface area contributed by atoms with Gasteiger partial charge in [0.2, 0.25) is 0 Å². The van der Waals surface area contributed by atoms with E-state index in [9.17, 15) is 0 Å². The molecule has 0 saturated carbocycles. The largest absolute Gasteiger partial charge is 0.323 e. The molecule has 0 bridgehead atoms. The van der Waals surface area contributed by atoms with Crippen LogP contribution in [0.5, 0.6) is 0 Å². The molecule has 0 saturated heterocycles. The fourth-order valence-corrected chi connectivity index (χ4v) is 1.16. The molecule has 0 aromatic carbocycles. The van der Waals surface area contributed by atoms with E-state index in [-0.39, 0.29) is 6.04 Å². The van der Waals surface area contributed by atoms with Gasteiger partial charge in [-0.1, -0.05) is 19.4 Å². The van der Waals surface area contributed by atoms with Crippen LogP contribution in [0, 0.1) is 6.92 Å². The molecule has 1 heterocycles. The minimum absolute atomic E-state index is 0.107. The summed E-state index contributed by atoms with van der Waals surface area (Å²) in [5, 5.41) is 0. The van der Waals surface area contributed by atoms with E-state index in [1.165, 1.54) is 5.56 Å². The summed E-state index contributed by atoms with van der Waals surface area (Å²) in [7, 11) is 0. The van der Waals surface area contributed by atoms with Gasteiger partial charge >= 0.3 is 0 Å². The van der Waals surface area contributed by atoms with Gasteiger partial charge in [-0.3, -0.25) is 4.98 Å². The molecule has 0 radical (unpaired) electrons. The van der Waals surface area contributed by atoms with Crippen LogP contribution in [0.4, 0.5) is 0 Å². The van der Waals surface area contributed by atoms with Crippen LogP contribution in [0.3, 0.4) is 0 Å². The number of nitrogens with two attached hydrogens (primary N) is 1. The second-order valence-electron chi connectivity index (χ2n) is 3.16. The van der Waals surface area contributed by atoms with Gasteiger partial charge in [0.25, 0.3) is 0 Å². The Morgan fingerprint density at radius 1 is 1.50 bits per heavy atom. The van der Waals surface area contributed by atoms with Crippen molar-refractivity contribution in [2.75, 3.05) is 0 Å². The molecule has 1 rings (SSSR count). The van der Waals surface area contributed by atoms with Crippen LogP contribution in [0.25, 0.3) is 0 Å². The molecule has 66 valence electrons. The predicted octanol–water partition coefficient (Wildman–Crippen LogP) is 2.19. The Morgan fingerprint density at radius 3 is 2.75 bits per heavy atom. The number of aromatic nitrogens is 1. The molecular formula is C10H16N2. The van der Waals surface area contributed by atoms with Gasteiger partial charge in [-0.05, 0) is 25.0 Å². The van der Waals surface area contributed by atoms with E-state index < -0.39 is 0 Å². The van der Waals surface area contributed by atoms with Crippen molar-refractivity contribution in [3.63, 3.8) is 0 Å². The normalized spacial score (nSPS) is 12.9. The van der Waals surface area contributed by atoms with Gasteiger partial charge in [-0.25, -0.2) is 0 Å². The van der Waals surface area contributed by atoms with Crippen molar-refractivity contribution in [1.82, 2.24) is 4.98 Å². The van der Waals surface area contributed by atoms with Crippen LogP contribution < -0.4 is 5.73 Å². The molecular weight excluding hydrogens is 148 g/mol. The molecule has 1 atom stereocenters. The molecule has 0 unspecified atom stereocenters. The number of nitrogens with zero attached hydrogens (tertiary/aromatic N) is 1. The maximum atomic E-state index is 5.89. The summed E-state index contributed by atoms with van der Waals surface area (Å²) in [5.41, 5.74) is 8.08. The van der Waals surface area contributed by atoms with Crippen LogP contribution in [0.2, 0.25) is 0 Å². The van der Waals surface area contributed by atoms with E-state index in [2.05, 4.69) is 18.0 Å². The lowest BCUT2D eigenvalue weighted by atomic mass is 10.1. The summed E-state index contributed by atoms with van der Waals surface area (Å²) in [6.45, 7) is 4.16. The van der Waals surface area contributed by atoms with Gasteiger partial charge in [0, 0.05) is 12.2 Å². The Hall–Kier alpha value is -0.890. The molecule has 2 N–H and O–H groups in total. The Labute approximate surface area is 73.8 Å². The minimum atomic E-state index is 0.107. The zero-order valence-corrected chi connectivity index (χ0v) is 7.75. The SMILES string of the molecule is CCC[C@@H](N)c1ccc(C)cn1. The van der Waals surface area contributed by atoms with E-state index in [0.717, 1.165) is 18.5 Å². The lowest BCUT2D eigenvalue weighted by Gasteiger charge is -2.08. The maximum Gasteiger partial charge on any atom is 0.0571 e. The van der Waals surface area contributed by atoms with Gasteiger partial charge in [-0.2, -0.15) is 0 Å². The number of rotatable bonds is 3. The van der Waals surface area contributed by atoms with Crippen LogP contribution in [0.1, 0.15) is 37.1 Å². The average molecular weight is 164 g/mol. The summed E-state index contributed by atoms with van der Waals surface area (Å²) in [4.78, 5) is 4.27. The van der Waals surface area contributed by atoms with E-state index in [1.807, 2.05) is 19.2 Å². The lowest BCUT2D eigenvalue weighted by molar-refractivity contribution is 0.621. The summed E-state index contributed by atoms with van der Waals surface area (Å²) >= 11 is 0. The summed E-state index contributed by atoms with van der Waals surface area (Å²) in [6.07, 6.45) is 3.98. The van der Waals surface area contributed by atoms with Crippen molar-refractivity contribution in [3.8, 4) is 0 Å². The molecule has 0 amide bonds. The molecule has 0 aliphatic carbocycles. The molecule has 0 aliphatic heterocycles. The predicted molar refractivity (Wildman–Crippen MR) is 50.8 cm³/mol. The number of hydrogen-bond acceptors (Lipinski definition) is 2. The zero-order valence-electron chi connectivity index (χ0n) is 7.75. The molecule has 2 nitrogen and oxygen atoms in total. The fraction of sp³-hybridized carbons (Fsp3) is 0.500. The summed E-state index contributed by atoms with van der Waals surface area (Å²) in [5.74, 6) is 0. The van der Waals surface area contributed by atoms with E-state index >= 15 is 0 Å². The average Bonchev–Trinajstić information content (AvgIpc) is 2.06. The second kappa shape index (κ2) is 4.21. The highest BCUT2D eigenvalue weighted by atomic mass is 14.8. The van der Waals surface area contributed by atoms with Crippen molar-refractivity contribution in [2.45, 2.75) is 32.7 Å². The van der Waals surface area contributed by atoms with Crippen molar-refractivity contribution in [1.29, 1.82) is 0 Å². The van der Waals surface area contributed by atoms with Gasteiger partial charge in [0.1, 0.15) is 0 Å². The van der Waals surface area contributed by atoms with Crippen LogP contribution >= 0.6 is 0 Å². The molecule has 2 heteroatoms. The Bertz CT molecular complexity index is 228. The Morgan fingerprint density at radius 2 is 2.25 bits per heavy atom. The van der Waals surface area contributed by atoms with E-state index in [4.69, 9.17) is 5.73 Å². The van der Waals surface area contributed by atoms with Gasteiger partial charge in [0.05, 0.1) is 5.69 Å². The molecule has 12 heavy (non-hydrogen) atoms. The first kappa shape index (κ1) is 9.20. The smallest absolute Gasteiger partial charge is 0.0571 e. The van der Waals surface area contributed by atoms with Gasteiger partial charge in [0.15, 0.2) is 0 Å². The molecule has 1 aromatic rings. The molecule has 0 aliphatic rings. The third-order valence-electron chi connectivity index (χ3n) is 1.91. The summed E-state index contributed by atoms with van der Waals surface area (Å²) < 4.78 is 0. The first-order chi connectivity index (χ1) is 5.74. The number of hydrogen-bond donors (Lipinski definition) is 1. The van der Waals surface area contributed by atoms with Gasteiger partial charge < -0.3 is 5.73 Å². The molecule has 0 spiro atoms. The topological polar surface area (TPSA) is 38.9 Å². The monoisotopic (exact) mass is 164 g/mol. The summed E-state index contributed by atoms with van der Waals surface area (Å²) in [6, 6.07) is 4.17. The van der Waals surface area contributed by atoms with Crippen molar-refractivity contribution in [3.05, 3.63) is 29.6 Å². The quantitative estimate of drug-likeness (QED) is 0.743. The van der Waals surface area contributed by atoms with Crippen molar-refractivity contribution < 1.29 is 0 Å². The van der Waals surface area contributed by atoms with Crippen molar-refractivity contribution >= 4 is 0 Å². The Kier molecular flexibility index (Phi) is 3.23. The Balaban J connectivity index is 2.68. The minimum Gasteiger partial charge on any atom is -0.323 e. The highest BCUT2D eigenvalue weighted by molar-refractivity contribution is 5.14. The third kappa shape index (κ3) is 2.31. The zero-order chi connectivity index (χ0) is 8.97. The van der Waals surface area contributed by atoms with Crippen molar-refractivity contribution in [2.24, 2.45) is 5.73 Å². The van der Waals surface area contributed by atoms with Crippen LogP contribution in [0.15, 0.2) is 18.3 Å². The van der Waals surface area contributed by atoms with Gasteiger partial charge in [-0.15, -0.1) is 0 Å². The first-order valence-electron chi connectivity index (χ1n) is 4.42. The third-order valence-corrected chi connectivity index (χ3v) is 1.91. The van der Waals surface area contributed by atoms with E-state index in [0.29, 0.717) is 0 Å². The molecule has 0 fully saturated rings. The maximum absolute atomic E-state index is 5.89. The van der Waals surface area contributed by atoms with E-state index in [1.54, 1.807) is 0 Å². The van der Waals surface area contributed by atoms with Crippen LogP contribution in [-0.2, 0) is 0 Å². The fourth-order valence-electron chi connectivity index (χ4n) is 1.16. The highest BCUT2D eigenvalue weighted by Gasteiger charge is 2.04. The first-order valence-corrected chi connectivity index (χ1v) is 4.42. The number of pyridine rings is 1. The molecule has 1 aromatic heterocycles. The standard InChI is InChI=1S/C10H16N2/c1-3-4-9(11)10-6-5-8(2)7-12-10/h5-7,9H,3-4,11H2,1-2H3/t9-/m1/s1. The van der Waals surface area contributed by atoms with Crippen LogP contribution in [-0.4, -0.2) is 4.98 Å².